The van der Waals surface area contributed by atoms with Gasteiger partial charge in [-0.3, -0.25) is 0 Å². The van der Waals surface area contributed by atoms with Gasteiger partial charge < -0.3 is 10.6 Å². The SMILES string of the molecule is c1c(NCC2CCCC2)nnc2c1CNCC2. The smallest absolute Gasteiger partial charge is 0.148 e. The molecular formula is C13H20N4. The molecule has 3 rings (SSSR count). The Bertz CT molecular complexity index is 385. The fraction of sp³-hybridized carbons (Fsp3) is 0.692. The van der Waals surface area contributed by atoms with Gasteiger partial charge in [-0.25, -0.2) is 0 Å². The van der Waals surface area contributed by atoms with Crippen LogP contribution in [-0.2, 0) is 13.0 Å². The van der Waals surface area contributed by atoms with Gasteiger partial charge in [0.05, 0.1) is 5.69 Å². The maximum Gasteiger partial charge on any atom is 0.148 e. The highest BCUT2D eigenvalue weighted by Crippen LogP contribution is 2.24. The van der Waals surface area contributed by atoms with E-state index in [1.807, 2.05) is 0 Å². The first kappa shape index (κ1) is 11.0. The Morgan fingerprint density at radius 2 is 2.18 bits per heavy atom. The van der Waals surface area contributed by atoms with Crippen molar-refractivity contribution in [2.24, 2.45) is 5.92 Å². The average Bonchev–Trinajstić information content (AvgIpc) is 2.89. The lowest BCUT2D eigenvalue weighted by atomic mass is 10.1. The second-order valence-corrected chi connectivity index (χ2v) is 5.16. The van der Waals surface area contributed by atoms with Gasteiger partial charge >= 0.3 is 0 Å². The Morgan fingerprint density at radius 1 is 1.29 bits per heavy atom. The van der Waals surface area contributed by atoms with Crippen LogP contribution in [0, 0.1) is 5.92 Å². The lowest BCUT2D eigenvalue weighted by Gasteiger charge is -2.17. The summed E-state index contributed by atoms with van der Waals surface area (Å²) in [6.45, 7) is 3.01. The maximum atomic E-state index is 4.31. The molecule has 1 aliphatic heterocycles. The number of rotatable bonds is 3. The minimum Gasteiger partial charge on any atom is -0.368 e. The summed E-state index contributed by atoms with van der Waals surface area (Å²) in [5.41, 5.74) is 2.47. The third kappa shape index (κ3) is 2.57. The maximum absolute atomic E-state index is 4.31. The first-order valence-electron chi connectivity index (χ1n) is 6.72. The van der Waals surface area contributed by atoms with Crippen molar-refractivity contribution in [2.75, 3.05) is 18.4 Å². The molecule has 0 atom stereocenters. The summed E-state index contributed by atoms with van der Waals surface area (Å²) in [5, 5.41) is 15.4. The van der Waals surface area contributed by atoms with E-state index in [0.29, 0.717) is 0 Å². The van der Waals surface area contributed by atoms with Gasteiger partial charge in [-0.15, -0.1) is 5.10 Å². The summed E-state index contributed by atoms with van der Waals surface area (Å²) in [7, 11) is 0. The standard InChI is InChI=1S/C13H20N4/c1-2-4-10(3-1)8-15-13-7-11-9-14-6-5-12(11)16-17-13/h7,10,14H,1-6,8-9H2,(H,15,17). The molecule has 0 unspecified atom stereocenters. The summed E-state index contributed by atoms with van der Waals surface area (Å²) in [6, 6.07) is 2.16. The predicted molar refractivity (Wildman–Crippen MR) is 67.9 cm³/mol. The Morgan fingerprint density at radius 3 is 3.06 bits per heavy atom. The fourth-order valence-corrected chi connectivity index (χ4v) is 2.80. The van der Waals surface area contributed by atoms with Gasteiger partial charge in [0.25, 0.3) is 0 Å². The van der Waals surface area contributed by atoms with Gasteiger partial charge in [-0.1, -0.05) is 12.8 Å². The average molecular weight is 232 g/mol. The molecule has 0 radical (unpaired) electrons. The van der Waals surface area contributed by atoms with E-state index in [9.17, 15) is 0 Å². The molecule has 1 fully saturated rings. The molecule has 0 spiro atoms. The van der Waals surface area contributed by atoms with Gasteiger partial charge in [0.1, 0.15) is 5.82 Å². The van der Waals surface area contributed by atoms with Crippen LogP contribution in [0.2, 0.25) is 0 Å². The second-order valence-electron chi connectivity index (χ2n) is 5.16. The monoisotopic (exact) mass is 232 g/mol. The Kier molecular flexibility index (Phi) is 3.22. The Balaban J connectivity index is 1.62. The highest BCUT2D eigenvalue weighted by molar-refractivity contribution is 5.39. The Labute approximate surface area is 102 Å². The number of anilines is 1. The molecule has 1 aliphatic carbocycles. The van der Waals surface area contributed by atoms with E-state index in [1.165, 1.54) is 31.2 Å². The lowest BCUT2D eigenvalue weighted by Crippen LogP contribution is -2.25. The van der Waals surface area contributed by atoms with E-state index in [0.717, 1.165) is 43.5 Å². The highest BCUT2D eigenvalue weighted by atomic mass is 15.2. The molecule has 0 saturated heterocycles. The van der Waals surface area contributed by atoms with Crippen molar-refractivity contribution in [1.82, 2.24) is 15.5 Å². The second kappa shape index (κ2) is 5.00. The molecule has 2 N–H and O–H groups in total. The van der Waals surface area contributed by atoms with Crippen LogP contribution < -0.4 is 10.6 Å². The van der Waals surface area contributed by atoms with Crippen molar-refractivity contribution in [3.8, 4) is 0 Å². The van der Waals surface area contributed by atoms with Crippen LogP contribution in [0.4, 0.5) is 5.82 Å². The van der Waals surface area contributed by atoms with Gasteiger partial charge in [0, 0.05) is 26.1 Å². The third-order valence-corrected chi connectivity index (χ3v) is 3.86. The quantitative estimate of drug-likeness (QED) is 0.833. The largest absolute Gasteiger partial charge is 0.368 e. The zero-order chi connectivity index (χ0) is 11.5. The number of nitrogens with zero attached hydrogens (tertiary/aromatic N) is 2. The molecule has 92 valence electrons. The van der Waals surface area contributed by atoms with Gasteiger partial charge in [0.2, 0.25) is 0 Å². The zero-order valence-electron chi connectivity index (χ0n) is 10.2. The summed E-state index contributed by atoms with van der Waals surface area (Å²) in [6.07, 6.45) is 6.53. The van der Waals surface area contributed by atoms with Crippen molar-refractivity contribution >= 4 is 5.82 Å². The molecule has 2 heterocycles. The Hall–Kier alpha value is -1.16. The van der Waals surface area contributed by atoms with Crippen molar-refractivity contribution in [2.45, 2.75) is 38.6 Å². The van der Waals surface area contributed by atoms with Crippen molar-refractivity contribution in [3.05, 3.63) is 17.3 Å². The number of hydrogen-bond acceptors (Lipinski definition) is 4. The molecule has 4 heteroatoms. The van der Waals surface area contributed by atoms with E-state index in [4.69, 9.17) is 0 Å². The molecule has 1 aromatic rings. The fourth-order valence-electron chi connectivity index (χ4n) is 2.80. The zero-order valence-corrected chi connectivity index (χ0v) is 10.2. The minimum absolute atomic E-state index is 0.839. The lowest BCUT2D eigenvalue weighted by molar-refractivity contribution is 0.577. The predicted octanol–water partition coefficient (Wildman–Crippen LogP) is 1.72. The van der Waals surface area contributed by atoms with E-state index < -0.39 is 0 Å². The molecule has 1 saturated carbocycles. The van der Waals surface area contributed by atoms with E-state index in [1.54, 1.807) is 0 Å². The van der Waals surface area contributed by atoms with E-state index in [-0.39, 0.29) is 0 Å². The van der Waals surface area contributed by atoms with E-state index in [2.05, 4.69) is 26.9 Å². The molecule has 4 nitrogen and oxygen atoms in total. The topological polar surface area (TPSA) is 49.8 Å². The van der Waals surface area contributed by atoms with Crippen LogP contribution in [0.1, 0.15) is 36.9 Å². The van der Waals surface area contributed by atoms with Crippen LogP contribution in [-0.4, -0.2) is 23.3 Å². The van der Waals surface area contributed by atoms with Crippen LogP contribution in [0.3, 0.4) is 0 Å². The summed E-state index contributed by atoms with van der Waals surface area (Å²) in [5.74, 6) is 1.78. The normalized spacial score (nSPS) is 20.2. The van der Waals surface area contributed by atoms with Gasteiger partial charge in [0.15, 0.2) is 0 Å². The highest BCUT2D eigenvalue weighted by Gasteiger charge is 2.15. The molecule has 1 aromatic heterocycles. The molecule has 0 amide bonds. The number of fused-ring (bicyclic) bond motifs is 1. The third-order valence-electron chi connectivity index (χ3n) is 3.86. The van der Waals surface area contributed by atoms with Crippen molar-refractivity contribution in [1.29, 1.82) is 0 Å². The molecule has 2 aliphatic rings. The van der Waals surface area contributed by atoms with E-state index >= 15 is 0 Å². The van der Waals surface area contributed by atoms with Crippen LogP contribution >= 0.6 is 0 Å². The number of hydrogen-bond donors (Lipinski definition) is 2. The van der Waals surface area contributed by atoms with Crippen LogP contribution in [0.25, 0.3) is 0 Å². The molecule has 17 heavy (non-hydrogen) atoms. The molecule has 0 bridgehead atoms. The van der Waals surface area contributed by atoms with Crippen LogP contribution in [0.15, 0.2) is 6.07 Å². The summed E-state index contributed by atoms with van der Waals surface area (Å²) >= 11 is 0. The summed E-state index contributed by atoms with van der Waals surface area (Å²) in [4.78, 5) is 0. The first-order chi connectivity index (χ1) is 8.42. The minimum atomic E-state index is 0.839. The number of nitrogens with one attached hydrogen (secondary N) is 2. The molecule has 0 aromatic carbocycles. The summed E-state index contributed by atoms with van der Waals surface area (Å²) < 4.78 is 0. The van der Waals surface area contributed by atoms with Gasteiger partial charge in [-0.2, -0.15) is 5.10 Å². The number of aromatic nitrogens is 2. The van der Waals surface area contributed by atoms with Gasteiger partial charge in [-0.05, 0) is 30.4 Å². The first-order valence-corrected chi connectivity index (χ1v) is 6.72. The van der Waals surface area contributed by atoms with Crippen molar-refractivity contribution in [3.63, 3.8) is 0 Å². The molecular weight excluding hydrogens is 212 g/mol. The van der Waals surface area contributed by atoms with Crippen LogP contribution in [0.5, 0.6) is 0 Å². The van der Waals surface area contributed by atoms with Crippen molar-refractivity contribution < 1.29 is 0 Å².